The normalized spacial score (nSPS) is 14.8. The minimum Gasteiger partial charge on any atom is -0.340 e. The third-order valence-corrected chi connectivity index (χ3v) is 6.12. The number of fused-ring (bicyclic) bond motifs is 3. The van der Waals surface area contributed by atoms with Crippen LogP contribution >= 0.6 is 0 Å². The maximum absolute atomic E-state index is 12.8. The highest BCUT2D eigenvalue weighted by Gasteiger charge is 2.24. The van der Waals surface area contributed by atoms with Crippen LogP contribution in [0.5, 0.6) is 0 Å². The first-order valence-corrected chi connectivity index (χ1v) is 11.6. The summed E-state index contributed by atoms with van der Waals surface area (Å²) in [5.74, 6) is 1.97. The van der Waals surface area contributed by atoms with E-state index in [2.05, 4.69) is 38.7 Å². The summed E-state index contributed by atoms with van der Waals surface area (Å²) in [4.78, 5) is 22.0. The number of anilines is 1. The number of rotatable bonds is 4. The van der Waals surface area contributed by atoms with Gasteiger partial charge in [0.25, 0.3) is 0 Å². The summed E-state index contributed by atoms with van der Waals surface area (Å²) in [6.07, 6.45) is 0.869. The number of benzene rings is 2. The number of hydrogen-bond acceptors (Lipinski definition) is 5. The second-order valence-corrected chi connectivity index (χ2v) is 8.77. The Balaban J connectivity index is 1.39. The van der Waals surface area contributed by atoms with Gasteiger partial charge < -0.3 is 15.1 Å². The molecule has 33 heavy (non-hydrogen) atoms. The zero-order valence-electron chi connectivity index (χ0n) is 19.1. The zero-order valence-corrected chi connectivity index (χ0v) is 19.1. The Morgan fingerprint density at radius 3 is 2.58 bits per heavy atom. The number of nitrogens with zero attached hydrogens (tertiary/aromatic N) is 6. The fourth-order valence-corrected chi connectivity index (χ4v) is 4.38. The van der Waals surface area contributed by atoms with E-state index in [-0.39, 0.29) is 11.9 Å². The zero-order chi connectivity index (χ0) is 22.8. The molecule has 0 bridgehead atoms. The minimum absolute atomic E-state index is 0.0236. The molecule has 2 amide bonds. The summed E-state index contributed by atoms with van der Waals surface area (Å²) in [5, 5.41) is 13.1. The van der Waals surface area contributed by atoms with Crippen molar-refractivity contribution in [3.05, 3.63) is 66.0 Å². The molecule has 3 heterocycles. The second kappa shape index (κ2) is 9.05. The van der Waals surface area contributed by atoms with Crippen LogP contribution < -0.4 is 10.2 Å². The van der Waals surface area contributed by atoms with Crippen LogP contribution in [-0.4, -0.2) is 56.7 Å². The van der Waals surface area contributed by atoms with Crippen LogP contribution in [0.25, 0.3) is 16.6 Å². The lowest BCUT2D eigenvalue weighted by molar-refractivity contribution is 0.201. The third kappa shape index (κ3) is 4.20. The van der Waals surface area contributed by atoms with Crippen LogP contribution in [0.1, 0.15) is 37.6 Å². The molecule has 0 unspecified atom stereocenters. The predicted octanol–water partition coefficient (Wildman–Crippen LogP) is 3.82. The van der Waals surface area contributed by atoms with Gasteiger partial charge in [0.05, 0.1) is 5.52 Å². The van der Waals surface area contributed by atoms with Crippen molar-refractivity contribution < 1.29 is 4.79 Å². The van der Waals surface area contributed by atoms with E-state index in [0.29, 0.717) is 26.2 Å². The summed E-state index contributed by atoms with van der Waals surface area (Å²) in [6, 6.07) is 18.0. The number of urea groups is 1. The van der Waals surface area contributed by atoms with Crippen LogP contribution in [0.4, 0.5) is 10.7 Å². The summed E-state index contributed by atoms with van der Waals surface area (Å²) < 4.78 is 2.10. The molecule has 8 heteroatoms. The Kier molecular flexibility index (Phi) is 5.81. The molecule has 2 aromatic carbocycles. The standard InChI is InChI=1S/C25H29N7O/c1-18(2)22-28-29-23-20-11-6-7-12-21(20)27-24(32(22)23)30-13-8-14-31(16-15-30)25(33)26-17-19-9-4-3-5-10-19/h3-7,9-12,18H,8,13-17H2,1-2H3,(H,26,33). The molecule has 0 radical (unpaired) electrons. The van der Waals surface area contributed by atoms with Crippen molar-refractivity contribution in [3.63, 3.8) is 0 Å². The van der Waals surface area contributed by atoms with Gasteiger partial charge in [-0.2, -0.15) is 0 Å². The van der Waals surface area contributed by atoms with Gasteiger partial charge in [0.1, 0.15) is 5.82 Å². The fraction of sp³-hybridized carbons (Fsp3) is 0.360. The average molecular weight is 444 g/mol. The Labute approximate surface area is 193 Å². The van der Waals surface area contributed by atoms with Crippen molar-refractivity contribution in [3.8, 4) is 0 Å². The molecule has 1 N–H and O–H groups in total. The lowest BCUT2D eigenvalue weighted by Crippen LogP contribution is -2.42. The molecule has 8 nitrogen and oxygen atoms in total. The van der Waals surface area contributed by atoms with Crippen LogP contribution in [-0.2, 0) is 6.54 Å². The van der Waals surface area contributed by atoms with Crippen LogP contribution in [0.3, 0.4) is 0 Å². The highest BCUT2D eigenvalue weighted by molar-refractivity contribution is 5.92. The van der Waals surface area contributed by atoms with Crippen LogP contribution in [0.15, 0.2) is 54.6 Å². The number of amides is 2. The number of hydrogen-bond donors (Lipinski definition) is 1. The Morgan fingerprint density at radius 1 is 0.970 bits per heavy atom. The van der Waals surface area contributed by atoms with Gasteiger partial charge in [-0.05, 0) is 24.1 Å². The van der Waals surface area contributed by atoms with Gasteiger partial charge in [-0.3, -0.25) is 0 Å². The number of carbonyl (C=O) groups is 1. The van der Waals surface area contributed by atoms with Gasteiger partial charge in [0.2, 0.25) is 5.95 Å². The van der Waals surface area contributed by atoms with Crippen molar-refractivity contribution in [1.82, 2.24) is 29.8 Å². The Hall–Kier alpha value is -3.68. The van der Waals surface area contributed by atoms with E-state index in [9.17, 15) is 4.79 Å². The maximum Gasteiger partial charge on any atom is 0.317 e. The van der Waals surface area contributed by atoms with E-state index in [1.807, 2.05) is 59.5 Å². The molecule has 0 atom stereocenters. The molecular formula is C25H29N7O. The molecule has 1 fully saturated rings. The Bertz CT molecular complexity index is 1270. The molecule has 1 aliphatic rings. The summed E-state index contributed by atoms with van der Waals surface area (Å²) in [6.45, 7) is 7.65. The lowest BCUT2D eigenvalue weighted by atomic mass is 10.2. The number of para-hydroxylation sites is 1. The van der Waals surface area contributed by atoms with Crippen molar-refractivity contribution in [2.75, 3.05) is 31.1 Å². The number of aromatic nitrogens is 4. The predicted molar refractivity (Wildman–Crippen MR) is 129 cm³/mol. The van der Waals surface area contributed by atoms with Gasteiger partial charge in [-0.15, -0.1) is 10.2 Å². The molecular weight excluding hydrogens is 414 g/mol. The molecule has 0 saturated carbocycles. The van der Waals surface area contributed by atoms with E-state index in [0.717, 1.165) is 46.9 Å². The molecule has 2 aromatic heterocycles. The molecule has 1 aliphatic heterocycles. The number of nitrogens with one attached hydrogen (secondary N) is 1. The van der Waals surface area contributed by atoms with Crippen LogP contribution in [0, 0.1) is 0 Å². The third-order valence-electron chi connectivity index (χ3n) is 6.12. The fourth-order valence-electron chi connectivity index (χ4n) is 4.38. The monoisotopic (exact) mass is 443 g/mol. The van der Waals surface area contributed by atoms with Crippen molar-refractivity contribution in [1.29, 1.82) is 0 Å². The second-order valence-electron chi connectivity index (χ2n) is 8.77. The van der Waals surface area contributed by atoms with Gasteiger partial charge in [-0.25, -0.2) is 14.2 Å². The molecule has 170 valence electrons. The minimum atomic E-state index is -0.0236. The van der Waals surface area contributed by atoms with Crippen molar-refractivity contribution in [2.24, 2.45) is 0 Å². The summed E-state index contributed by atoms with van der Waals surface area (Å²) >= 11 is 0. The molecule has 0 spiro atoms. The van der Waals surface area contributed by atoms with Crippen LogP contribution in [0.2, 0.25) is 0 Å². The van der Waals surface area contributed by atoms with E-state index in [4.69, 9.17) is 4.98 Å². The van der Waals surface area contributed by atoms with Gasteiger partial charge in [0.15, 0.2) is 5.65 Å². The summed E-state index contributed by atoms with van der Waals surface area (Å²) in [5.41, 5.74) is 2.84. The van der Waals surface area contributed by atoms with Gasteiger partial charge >= 0.3 is 6.03 Å². The number of carbonyl (C=O) groups excluding carboxylic acids is 1. The molecule has 4 aromatic rings. The van der Waals surface area contributed by atoms with E-state index < -0.39 is 0 Å². The average Bonchev–Trinajstić information content (AvgIpc) is 3.15. The van der Waals surface area contributed by atoms with E-state index in [1.54, 1.807) is 0 Å². The first-order valence-electron chi connectivity index (χ1n) is 11.6. The summed E-state index contributed by atoms with van der Waals surface area (Å²) in [7, 11) is 0. The first-order chi connectivity index (χ1) is 16.1. The Morgan fingerprint density at radius 2 is 1.76 bits per heavy atom. The van der Waals surface area contributed by atoms with E-state index in [1.165, 1.54) is 0 Å². The smallest absolute Gasteiger partial charge is 0.317 e. The molecule has 5 rings (SSSR count). The van der Waals surface area contributed by atoms with Gasteiger partial charge in [-0.1, -0.05) is 56.3 Å². The quantitative estimate of drug-likeness (QED) is 0.519. The topological polar surface area (TPSA) is 78.7 Å². The molecule has 0 aliphatic carbocycles. The highest BCUT2D eigenvalue weighted by atomic mass is 16.2. The maximum atomic E-state index is 12.8. The lowest BCUT2D eigenvalue weighted by Gasteiger charge is -2.24. The highest BCUT2D eigenvalue weighted by Crippen LogP contribution is 2.27. The largest absolute Gasteiger partial charge is 0.340 e. The first kappa shape index (κ1) is 21.2. The van der Waals surface area contributed by atoms with E-state index >= 15 is 0 Å². The molecule has 1 saturated heterocycles. The van der Waals surface area contributed by atoms with Crippen molar-refractivity contribution >= 4 is 28.5 Å². The van der Waals surface area contributed by atoms with Gasteiger partial charge in [0, 0.05) is 44.0 Å². The van der Waals surface area contributed by atoms with Crippen molar-refractivity contribution in [2.45, 2.75) is 32.7 Å². The SMILES string of the molecule is CC(C)c1nnc2c3ccccc3nc(N3CCCN(C(=O)NCc4ccccc4)CC3)n12.